The number of hydrogen-bond donors (Lipinski definition) is 2. The van der Waals surface area contributed by atoms with Crippen molar-refractivity contribution in [3.63, 3.8) is 0 Å². The van der Waals surface area contributed by atoms with Gasteiger partial charge in [-0.2, -0.15) is 0 Å². The number of carbonyl (C=O) groups excluding carboxylic acids is 1. The molecule has 5 nitrogen and oxygen atoms in total. The predicted octanol–water partition coefficient (Wildman–Crippen LogP) is 1.22. The quantitative estimate of drug-likeness (QED) is 0.742. The third-order valence-corrected chi connectivity index (χ3v) is 3.07. The van der Waals surface area contributed by atoms with E-state index >= 15 is 0 Å². The molecule has 1 amide bonds. The van der Waals surface area contributed by atoms with E-state index in [0.29, 0.717) is 18.9 Å². The van der Waals surface area contributed by atoms with Gasteiger partial charge in [-0.1, -0.05) is 6.07 Å². The highest BCUT2D eigenvalue weighted by atomic mass is 79.9. The van der Waals surface area contributed by atoms with E-state index in [9.17, 15) is 4.79 Å². The first-order chi connectivity index (χ1) is 8.60. The molecule has 0 bridgehead atoms. The van der Waals surface area contributed by atoms with Crippen molar-refractivity contribution in [3.8, 4) is 5.75 Å². The van der Waals surface area contributed by atoms with Crippen molar-refractivity contribution < 1.29 is 14.3 Å². The van der Waals surface area contributed by atoms with E-state index in [2.05, 4.69) is 21.2 Å². The van der Waals surface area contributed by atoms with Crippen LogP contribution in [-0.2, 0) is 9.53 Å². The van der Waals surface area contributed by atoms with Crippen LogP contribution in [0.4, 0.5) is 0 Å². The summed E-state index contributed by atoms with van der Waals surface area (Å²) in [6.07, 6.45) is 0. The van der Waals surface area contributed by atoms with Crippen LogP contribution in [0.2, 0.25) is 0 Å². The summed E-state index contributed by atoms with van der Waals surface area (Å²) in [6.45, 7) is 1.06. The van der Waals surface area contributed by atoms with E-state index in [4.69, 9.17) is 15.2 Å². The molecule has 1 aromatic carbocycles. The summed E-state index contributed by atoms with van der Waals surface area (Å²) in [7, 11) is 3.19. The second-order valence-electron chi connectivity index (χ2n) is 3.68. The van der Waals surface area contributed by atoms with Crippen LogP contribution in [0.25, 0.3) is 0 Å². The molecule has 0 aliphatic rings. The zero-order valence-corrected chi connectivity index (χ0v) is 12.0. The molecule has 1 unspecified atom stereocenters. The Morgan fingerprint density at radius 2 is 2.22 bits per heavy atom. The highest BCUT2D eigenvalue weighted by Gasteiger charge is 2.18. The number of nitrogens with one attached hydrogen (secondary N) is 1. The molecular weight excluding hydrogens is 300 g/mol. The van der Waals surface area contributed by atoms with Gasteiger partial charge in [-0.05, 0) is 33.6 Å². The fourth-order valence-corrected chi connectivity index (χ4v) is 2.11. The first kappa shape index (κ1) is 14.9. The van der Waals surface area contributed by atoms with Crippen molar-refractivity contribution in [2.45, 2.75) is 6.04 Å². The van der Waals surface area contributed by atoms with Gasteiger partial charge in [-0.3, -0.25) is 10.1 Å². The second-order valence-corrected chi connectivity index (χ2v) is 4.53. The third-order valence-electron chi connectivity index (χ3n) is 2.45. The van der Waals surface area contributed by atoms with Crippen molar-refractivity contribution in [1.82, 2.24) is 5.32 Å². The number of halogens is 1. The van der Waals surface area contributed by atoms with E-state index in [1.807, 2.05) is 6.07 Å². The zero-order valence-electron chi connectivity index (χ0n) is 10.4. The highest BCUT2D eigenvalue weighted by molar-refractivity contribution is 9.10. The third kappa shape index (κ3) is 3.97. The standard InChI is InChI=1S/C12H17BrN2O3/c1-17-6-5-15-11(12(14)16)8-3-4-10(18-2)9(13)7-8/h3-4,7,11,15H,5-6H2,1-2H3,(H2,14,16). The van der Waals surface area contributed by atoms with Crippen molar-refractivity contribution in [2.75, 3.05) is 27.4 Å². The van der Waals surface area contributed by atoms with Gasteiger partial charge >= 0.3 is 0 Å². The van der Waals surface area contributed by atoms with E-state index in [-0.39, 0.29) is 0 Å². The number of methoxy groups -OCH3 is 2. The Morgan fingerprint density at radius 1 is 1.50 bits per heavy atom. The van der Waals surface area contributed by atoms with Gasteiger partial charge in [-0.25, -0.2) is 0 Å². The molecule has 1 aromatic rings. The summed E-state index contributed by atoms with van der Waals surface area (Å²) in [5, 5.41) is 3.04. The first-order valence-corrected chi connectivity index (χ1v) is 6.24. The molecule has 0 saturated heterocycles. The van der Waals surface area contributed by atoms with Gasteiger partial charge in [-0.15, -0.1) is 0 Å². The van der Waals surface area contributed by atoms with Crippen LogP contribution in [0.3, 0.4) is 0 Å². The lowest BCUT2D eigenvalue weighted by atomic mass is 10.1. The Hall–Kier alpha value is -1.11. The average molecular weight is 317 g/mol. The number of primary amides is 1. The maximum Gasteiger partial charge on any atom is 0.239 e. The lowest BCUT2D eigenvalue weighted by Crippen LogP contribution is -2.35. The number of amides is 1. The number of hydrogen-bond acceptors (Lipinski definition) is 4. The molecule has 0 aliphatic heterocycles. The molecule has 0 aromatic heterocycles. The largest absolute Gasteiger partial charge is 0.496 e. The predicted molar refractivity (Wildman–Crippen MR) is 72.5 cm³/mol. The Kier molecular flexibility index (Phi) is 6.11. The topological polar surface area (TPSA) is 73.6 Å². The van der Waals surface area contributed by atoms with Crippen LogP contribution in [0.5, 0.6) is 5.75 Å². The highest BCUT2D eigenvalue weighted by Crippen LogP contribution is 2.27. The van der Waals surface area contributed by atoms with Gasteiger partial charge in [0.15, 0.2) is 0 Å². The summed E-state index contributed by atoms with van der Waals surface area (Å²) in [5.74, 6) is 0.280. The van der Waals surface area contributed by atoms with Gasteiger partial charge < -0.3 is 15.2 Å². The van der Waals surface area contributed by atoms with Crippen molar-refractivity contribution >= 4 is 21.8 Å². The number of ether oxygens (including phenoxy) is 2. The summed E-state index contributed by atoms with van der Waals surface area (Å²) >= 11 is 3.38. The van der Waals surface area contributed by atoms with Crippen molar-refractivity contribution in [3.05, 3.63) is 28.2 Å². The van der Waals surface area contributed by atoms with Gasteiger partial charge in [0.1, 0.15) is 11.8 Å². The van der Waals surface area contributed by atoms with Crippen LogP contribution >= 0.6 is 15.9 Å². The zero-order chi connectivity index (χ0) is 13.5. The Labute approximate surface area is 115 Å². The van der Waals surface area contributed by atoms with Crippen LogP contribution < -0.4 is 15.8 Å². The number of carbonyl (C=O) groups is 1. The number of benzene rings is 1. The summed E-state index contributed by atoms with van der Waals surface area (Å²) in [5.41, 5.74) is 6.17. The molecule has 100 valence electrons. The Bertz CT molecular complexity index is 412. The van der Waals surface area contributed by atoms with E-state index in [1.54, 1.807) is 26.4 Å². The fraction of sp³-hybridized carbons (Fsp3) is 0.417. The van der Waals surface area contributed by atoms with Gasteiger partial charge in [0.25, 0.3) is 0 Å². The van der Waals surface area contributed by atoms with Crippen LogP contribution in [0, 0.1) is 0 Å². The summed E-state index contributed by atoms with van der Waals surface area (Å²) in [6, 6.07) is 4.86. The number of rotatable bonds is 7. The molecule has 0 aliphatic carbocycles. The van der Waals surface area contributed by atoms with Crippen molar-refractivity contribution in [1.29, 1.82) is 0 Å². The minimum atomic E-state index is -0.539. The Balaban J connectivity index is 2.85. The molecule has 0 radical (unpaired) electrons. The van der Waals surface area contributed by atoms with E-state index in [0.717, 1.165) is 10.0 Å². The summed E-state index contributed by atoms with van der Waals surface area (Å²) < 4.78 is 10.8. The average Bonchev–Trinajstić information content (AvgIpc) is 2.34. The molecule has 1 atom stereocenters. The molecule has 0 spiro atoms. The Morgan fingerprint density at radius 3 is 2.72 bits per heavy atom. The second kappa shape index (κ2) is 7.35. The van der Waals surface area contributed by atoms with Crippen LogP contribution in [0.15, 0.2) is 22.7 Å². The molecule has 18 heavy (non-hydrogen) atoms. The molecule has 1 rings (SSSR count). The normalized spacial score (nSPS) is 12.2. The monoisotopic (exact) mass is 316 g/mol. The molecule has 6 heteroatoms. The maximum atomic E-state index is 11.4. The molecule has 0 fully saturated rings. The fourth-order valence-electron chi connectivity index (χ4n) is 1.55. The van der Waals surface area contributed by atoms with E-state index in [1.165, 1.54) is 0 Å². The van der Waals surface area contributed by atoms with Crippen molar-refractivity contribution in [2.24, 2.45) is 5.73 Å². The van der Waals surface area contributed by atoms with E-state index < -0.39 is 11.9 Å². The van der Waals surface area contributed by atoms with Gasteiger partial charge in [0.05, 0.1) is 18.2 Å². The summed E-state index contributed by atoms with van der Waals surface area (Å²) in [4.78, 5) is 11.4. The molecule has 0 heterocycles. The molecular formula is C12H17BrN2O3. The smallest absolute Gasteiger partial charge is 0.239 e. The van der Waals surface area contributed by atoms with Gasteiger partial charge in [0, 0.05) is 13.7 Å². The molecule has 3 N–H and O–H groups in total. The number of nitrogens with two attached hydrogens (primary N) is 1. The minimum absolute atomic E-state index is 0.428. The van der Waals surface area contributed by atoms with Crippen LogP contribution in [0.1, 0.15) is 11.6 Å². The maximum absolute atomic E-state index is 11.4. The van der Waals surface area contributed by atoms with Crippen LogP contribution in [-0.4, -0.2) is 33.3 Å². The lowest BCUT2D eigenvalue weighted by Gasteiger charge is -2.16. The SMILES string of the molecule is COCCNC(C(N)=O)c1ccc(OC)c(Br)c1. The minimum Gasteiger partial charge on any atom is -0.496 e. The molecule has 0 saturated carbocycles. The first-order valence-electron chi connectivity index (χ1n) is 5.45. The van der Waals surface area contributed by atoms with Gasteiger partial charge in [0.2, 0.25) is 5.91 Å². The lowest BCUT2D eigenvalue weighted by molar-refractivity contribution is -0.120.